The van der Waals surface area contributed by atoms with Gasteiger partial charge in [-0.1, -0.05) is 29.3 Å². The fourth-order valence-corrected chi connectivity index (χ4v) is 2.46. The smallest absolute Gasteiger partial charge is 0.292 e. The SMILES string of the molecule is Nc1ccc(COc2cc(Cl)c(Br)cc2Cl)cc1[N+](=O)[O-]. The Balaban J connectivity index is 2.19. The summed E-state index contributed by atoms with van der Waals surface area (Å²) in [5.74, 6) is 0.393. The molecule has 0 atom stereocenters. The van der Waals surface area contributed by atoms with Crippen LogP contribution in [0.15, 0.2) is 34.8 Å². The maximum atomic E-state index is 10.8. The van der Waals surface area contributed by atoms with E-state index in [1.54, 1.807) is 18.2 Å². The number of benzene rings is 2. The average molecular weight is 392 g/mol. The second-order valence-electron chi connectivity index (χ2n) is 4.14. The molecule has 2 rings (SSSR count). The lowest BCUT2D eigenvalue weighted by atomic mass is 10.2. The molecule has 0 fully saturated rings. The van der Waals surface area contributed by atoms with Gasteiger partial charge in [0.05, 0.1) is 15.0 Å². The van der Waals surface area contributed by atoms with Crippen LogP contribution < -0.4 is 10.5 Å². The molecular formula is C13H9BrCl2N2O3. The summed E-state index contributed by atoms with van der Waals surface area (Å²) >= 11 is 15.2. The fraction of sp³-hybridized carbons (Fsp3) is 0.0769. The van der Waals surface area contributed by atoms with Gasteiger partial charge in [-0.25, -0.2) is 0 Å². The van der Waals surface area contributed by atoms with Crippen molar-refractivity contribution in [1.82, 2.24) is 0 Å². The topological polar surface area (TPSA) is 78.4 Å². The molecule has 0 unspecified atom stereocenters. The molecule has 0 saturated heterocycles. The molecule has 0 aliphatic carbocycles. The van der Waals surface area contributed by atoms with Crippen LogP contribution in [-0.4, -0.2) is 4.92 Å². The van der Waals surface area contributed by atoms with Crippen LogP contribution in [0.2, 0.25) is 10.0 Å². The first kappa shape index (κ1) is 15.9. The number of hydrogen-bond acceptors (Lipinski definition) is 4. The highest BCUT2D eigenvalue weighted by Gasteiger charge is 2.13. The largest absolute Gasteiger partial charge is 0.487 e. The summed E-state index contributed by atoms with van der Waals surface area (Å²) < 4.78 is 6.19. The van der Waals surface area contributed by atoms with Gasteiger partial charge in [0, 0.05) is 16.6 Å². The summed E-state index contributed by atoms with van der Waals surface area (Å²) in [4.78, 5) is 10.3. The van der Waals surface area contributed by atoms with Crippen LogP contribution in [0.4, 0.5) is 11.4 Å². The third kappa shape index (κ3) is 3.78. The van der Waals surface area contributed by atoms with Crippen molar-refractivity contribution in [2.45, 2.75) is 6.61 Å². The Hall–Kier alpha value is -1.50. The molecule has 5 nitrogen and oxygen atoms in total. The lowest BCUT2D eigenvalue weighted by molar-refractivity contribution is -0.384. The van der Waals surface area contributed by atoms with Gasteiger partial charge in [0.15, 0.2) is 0 Å². The van der Waals surface area contributed by atoms with E-state index in [1.807, 2.05) is 0 Å². The molecule has 2 aromatic rings. The van der Waals surface area contributed by atoms with Gasteiger partial charge >= 0.3 is 0 Å². The van der Waals surface area contributed by atoms with Crippen LogP contribution >= 0.6 is 39.1 Å². The average Bonchev–Trinajstić information content (AvgIpc) is 2.42. The quantitative estimate of drug-likeness (QED) is 0.350. The first-order chi connectivity index (χ1) is 9.88. The van der Waals surface area contributed by atoms with E-state index in [0.29, 0.717) is 25.8 Å². The van der Waals surface area contributed by atoms with Crippen molar-refractivity contribution in [3.63, 3.8) is 0 Å². The molecule has 0 heterocycles. The zero-order chi connectivity index (χ0) is 15.6. The number of rotatable bonds is 4. The molecule has 110 valence electrons. The molecular weight excluding hydrogens is 383 g/mol. The Kier molecular flexibility index (Phi) is 4.92. The first-order valence-electron chi connectivity index (χ1n) is 5.68. The van der Waals surface area contributed by atoms with E-state index in [0.717, 1.165) is 0 Å². The maximum Gasteiger partial charge on any atom is 0.292 e. The molecule has 0 amide bonds. The number of ether oxygens (including phenoxy) is 1. The van der Waals surface area contributed by atoms with Crippen molar-refractivity contribution in [2.24, 2.45) is 0 Å². The van der Waals surface area contributed by atoms with Gasteiger partial charge in [-0.05, 0) is 33.6 Å². The Morgan fingerprint density at radius 2 is 1.95 bits per heavy atom. The number of halogens is 3. The predicted octanol–water partition coefficient (Wildman–Crippen LogP) is 4.83. The molecule has 2 N–H and O–H groups in total. The molecule has 0 saturated carbocycles. The molecule has 2 aromatic carbocycles. The number of hydrogen-bond donors (Lipinski definition) is 1. The van der Waals surface area contributed by atoms with Gasteiger partial charge in [-0.2, -0.15) is 0 Å². The van der Waals surface area contributed by atoms with Crippen molar-refractivity contribution < 1.29 is 9.66 Å². The third-order valence-electron chi connectivity index (χ3n) is 2.66. The Morgan fingerprint density at radius 3 is 2.62 bits per heavy atom. The van der Waals surface area contributed by atoms with Crippen LogP contribution in [0.5, 0.6) is 5.75 Å². The highest BCUT2D eigenvalue weighted by Crippen LogP contribution is 2.34. The van der Waals surface area contributed by atoms with E-state index in [9.17, 15) is 10.1 Å². The summed E-state index contributed by atoms with van der Waals surface area (Å²) in [5, 5.41) is 11.7. The standard InChI is InChI=1S/C13H9BrCl2N2O3/c14-8-4-10(16)13(5-9(8)15)21-6-7-1-2-11(17)12(3-7)18(19)20/h1-5H,6,17H2. The Bertz CT molecular complexity index is 710. The van der Waals surface area contributed by atoms with Crippen LogP contribution in [-0.2, 0) is 6.61 Å². The Labute approximate surface area is 138 Å². The van der Waals surface area contributed by atoms with Crippen LogP contribution in [0, 0.1) is 10.1 Å². The van der Waals surface area contributed by atoms with Gasteiger partial charge in [0.25, 0.3) is 5.69 Å². The molecule has 0 aliphatic rings. The number of nitro benzene ring substituents is 1. The number of anilines is 1. The fourth-order valence-electron chi connectivity index (χ4n) is 1.61. The van der Waals surface area contributed by atoms with Crippen molar-refractivity contribution in [1.29, 1.82) is 0 Å². The summed E-state index contributed by atoms with van der Waals surface area (Å²) in [6.45, 7) is 0.110. The highest BCUT2D eigenvalue weighted by atomic mass is 79.9. The molecule has 0 aliphatic heterocycles. The summed E-state index contributed by atoms with van der Waals surface area (Å²) in [6.07, 6.45) is 0. The molecule has 8 heteroatoms. The van der Waals surface area contributed by atoms with E-state index >= 15 is 0 Å². The zero-order valence-corrected chi connectivity index (χ0v) is 13.6. The van der Waals surface area contributed by atoms with Gasteiger partial charge in [0.2, 0.25) is 0 Å². The highest BCUT2D eigenvalue weighted by molar-refractivity contribution is 9.10. The predicted molar refractivity (Wildman–Crippen MR) is 86.0 cm³/mol. The normalized spacial score (nSPS) is 10.4. The van der Waals surface area contributed by atoms with Gasteiger partial charge in [0.1, 0.15) is 18.0 Å². The second kappa shape index (κ2) is 6.51. The minimum Gasteiger partial charge on any atom is -0.487 e. The summed E-state index contributed by atoms with van der Waals surface area (Å²) in [7, 11) is 0. The molecule has 0 radical (unpaired) electrons. The monoisotopic (exact) mass is 390 g/mol. The number of nitrogen functional groups attached to an aromatic ring is 1. The van der Waals surface area contributed by atoms with Crippen LogP contribution in [0.25, 0.3) is 0 Å². The van der Waals surface area contributed by atoms with Crippen molar-refractivity contribution in [2.75, 3.05) is 5.73 Å². The van der Waals surface area contributed by atoms with Crippen LogP contribution in [0.3, 0.4) is 0 Å². The van der Waals surface area contributed by atoms with E-state index < -0.39 is 4.92 Å². The van der Waals surface area contributed by atoms with Crippen molar-refractivity contribution in [3.8, 4) is 5.75 Å². The van der Waals surface area contributed by atoms with E-state index in [4.69, 9.17) is 33.7 Å². The van der Waals surface area contributed by atoms with E-state index in [-0.39, 0.29) is 18.0 Å². The molecule has 0 bridgehead atoms. The second-order valence-corrected chi connectivity index (χ2v) is 5.80. The third-order valence-corrected chi connectivity index (χ3v) is 4.15. The maximum absolute atomic E-state index is 10.8. The van der Waals surface area contributed by atoms with Gasteiger partial charge in [-0.3, -0.25) is 10.1 Å². The molecule has 0 spiro atoms. The van der Waals surface area contributed by atoms with E-state index in [1.165, 1.54) is 12.1 Å². The van der Waals surface area contributed by atoms with Gasteiger partial charge in [-0.15, -0.1) is 0 Å². The van der Waals surface area contributed by atoms with Crippen molar-refractivity contribution in [3.05, 3.63) is 60.5 Å². The van der Waals surface area contributed by atoms with Gasteiger partial charge < -0.3 is 10.5 Å². The lowest BCUT2D eigenvalue weighted by Crippen LogP contribution is -2.00. The number of nitro groups is 1. The minimum absolute atomic E-state index is 0.105. The Morgan fingerprint density at radius 1 is 1.24 bits per heavy atom. The summed E-state index contributed by atoms with van der Waals surface area (Å²) in [6, 6.07) is 7.66. The minimum atomic E-state index is -0.539. The van der Waals surface area contributed by atoms with E-state index in [2.05, 4.69) is 15.9 Å². The van der Waals surface area contributed by atoms with Crippen LogP contribution in [0.1, 0.15) is 5.56 Å². The number of nitrogens with zero attached hydrogens (tertiary/aromatic N) is 1. The summed E-state index contributed by atoms with van der Waals surface area (Å²) in [5.41, 5.74) is 6.08. The zero-order valence-electron chi connectivity index (χ0n) is 10.5. The lowest BCUT2D eigenvalue weighted by Gasteiger charge is -2.10. The first-order valence-corrected chi connectivity index (χ1v) is 7.23. The molecule has 0 aromatic heterocycles. The molecule has 21 heavy (non-hydrogen) atoms. The van der Waals surface area contributed by atoms with Crippen molar-refractivity contribution >= 4 is 50.5 Å². The number of nitrogens with two attached hydrogens (primary N) is 1.